The first kappa shape index (κ1) is 17.2. The number of amides is 1. The van der Waals surface area contributed by atoms with Gasteiger partial charge in [0.25, 0.3) is 5.69 Å². The summed E-state index contributed by atoms with van der Waals surface area (Å²) in [4.78, 5) is 25.3. The lowest BCUT2D eigenvalue weighted by Gasteiger charge is -2.10. The summed E-state index contributed by atoms with van der Waals surface area (Å²) in [6.07, 6.45) is 1.23. The molecule has 2 aromatic rings. The summed E-state index contributed by atoms with van der Waals surface area (Å²) < 4.78 is 5.59. The van der Waals surface area contributed by atoms with Gasteiger partial charge in [-0.25, -0.2) is 4.98 Å². The fourth-order valence-electron chi connectivity index (χ4n) is 2.05. The normalized spacial score (nSPS) is 10.1. The lowest BCUT2D eigenvalue weighted by Crippen LogP contribution is -2.13. The largest absolute Gasteiger partial charge is 0.492 e. The Morgan fingerprint density at radius 3 is 2.83 bits per heavy atom. The SMILES string of the molecule is CC(=O)Nc1cccc(OCCNc2cc(C)c([N+](=O)[O-])cn2)c1. The van der Waals surface area contributed by atoms with Gasteiger partial charge >= 0.3 is 0 Å². The number of hydrogen-bond donors (Lipinski definition) is 2. The van der Waals surface area contributed by atoms with E-state index in [9.17, 15) is 14.9 Å². The highest BCUT2D eigenvalue weighted by Gasteiger charge is 2.11. The monoisotopic (exact) mass is 330 g/mol. The average Bonchev–Trinajstić information content (AvgIpc) is 2.51. The number of nitrogens with one attached hydrogen (secondary N) is 2. The van der Waals surface area contributed by atoms with Crippen LogP contribution in [0.5, 0.6) is 5.75 Å². The van der Waals surface area contributed by atoms with Crippen LogP contribution in [0.2, 0.25) is 0 Å². The lowest BCUT2D eigenvalue weighted by atomic mass is 10.2. The number of nitrogens with zero attached hydrogens (tertiary/aromatic N) is 2. The quantitative estimate of drug-likeness (QED) is 0.459. The fourth-order valence-corrected chi connectivity index (χ4v) is 2.05. The molecule has 0 bridgehead atoms. The van der Waals surface area contributed by atoms with E-state index in [0.717, 1.165) is 0 Å². The van der Waals surface area contributed by atoms with Crippen LogP contribution in [0.3, 0.4) is 0 Å². The zero-order chi connectivity index (χ0) is 17.5. The maximum absolute atomic E-state index is 11.0. The number of carbonyl (C=O) groups is 1. The van der Waals surface area contributed by atoms with Crippen LogP contribution in [-0.2, 0) is 4.79 Å². The van der Waals surface area contributed by atoms with Crippen LogP contribution in [0.15, 0.2) is 36.5 Å². The summed E-state index contributed by atoms with van der Waals surface area (Å²) in [6.45, 7) is 3.96. The third kappa shape index (κ3) is 4.94. The van der Waals surface area contributed by atoms with Gasteiger partial charge in [0.05, 0.1) is 11.5 Å². The summed E-state index contributed by atoms with van der Waals surface area (Å²) in [7, 11) is 0. The van der Waals surface area contributed by atoms with Crippen molar-refractivity contribution in [2.24, 2.45) is 0 Å². The standard InChI is InChI=1S/C16H18N4O4/c1-11-8-16(18-10-15(11)20(22)23)17-6-7-24-14-5-3-4-13(9-14)19-12(2)21/h3-5,8-10H,6-7H2,1-2H3,(H,17,18)(H,19,21). The van der Waals surface area contributed by atoms with Crippen molar-refractivity contribution in [1.82, 2.24) is 4.98 Å². The number of aryl methyl sites for hydroxylation is 1. The molecule has 24 heavy (non-hydrogen) atoms. The highest BCUT2D eigenvalue weighted by atomic mass is 16.6. The van der Waals surface area contributed by atoms with Crippen molar-refractivity contribution < 1.29 is 14.5 Å². The molecule has 2 N–H and O–H groups in total. The van der Waals surface area contributed by atoms with Crippen LogP contribution >= 0.6 is 0 Å². The first-order valence-corrected chi connectivity index (χ1v) is 7.31. The molecule has 0 aliphatic carbocycles. The predicted octanol–water partition coefficient (Wildman–Crippen LogP) is 2.75. The minimum Gasteiger partial charge on any atom is -0.492 e. The Labute approximate surface area is 139 Å². The molecule has 0 aliphatic rings. The number of anilines is 2. The summed E-state index contributed by atoms with van der Waals surface area (Å²) in [6, 6.07) is 8.70. The molecule has 8 heteroatoms. The van der Waals surface area contributed by atoms with E-state index in [-0.39, 0.29) is 11.6 Å². The molecule has 0 saturated carbocycles. The van der Waals surface area contributed by atoms with Crippen LogP contribution in [-0.4, -0.2) is 29.0 Å². The molecule has 0 aliphatic heterocycles. The molecule has 0 radical (unpaired) electrons. The minimum atomic E-state index is -0.461. The van der Waals surface area contributed by atoms with Gasteiger partial charge in [0.2, 0.25) is 5.91 Å². The van der Waals surface area contributed by atoms with E-state index in [1.165, 1.54) is 13.1 Å². The molecule has 1 aromatic heterocycles. The Morgan fingerprint density at radius 1 is 1.38 bits per heavy atom. The van der Waals surface area contributed by atoms with Gasteiger partial charge in [-0.05, 0) is 25.1 Å². The van der Waals surface area contributed by atoms with Crippen molar-refractivity contribution in [3.63, 3.8) is 0 Å². The average molecular weight is 330 g/mol. The van der Waals surface area contributed by atoms with Gasteiger partial charge in [-0.3, -0.25) is 14.9 Å². The third-order valence-electron chi connectivity index (χ3n) is 3.11. The zero-order valence-corrected chi connectivity index (χ0v) is 13.4. The molecule has 0 unspecified atom stereocenters. The number of rotatable bonds is 7. The van der Waals surface area contributed by atoms with Gasteiger partial charge in [-0.2, -0.15) is 0 Å². The lowest BCUT2D eigenvalue weighted by molar-refractivity contribution is -0.385. The first-order chi connectivity index (χ1) is 11.5. The maximum Gasteiger partial charge on any atom is 0.290 e. The Morgan fingerprint density at radius 2 is 2.17 bits per heavy atom. The van der Waals surface area contributed by atoms with Crippen LogP contribution < -0.4 is 15.4 Å². The van der Waals surface area contributed by atoms with Gasteiger partial charge < -0.3 is 15.4 Å². The Bertz CT molecular complexity index is 749. The highest BCUT2D eigenvalue weighted by molar-refractivity contribution is 5.88. The van der Waals surface area contributed by atoms with Crippen molar-refractivity contribution in [3.8, 4) is 5.75 Å². The molecule has 2 rings (SSSR count). The Kier molecular flexibility index (Phi) is 5.67. The topological polar surface area (TPSA) is 106 Å². The van der Waals surface area contributed by atoms with E-state index < -0.39 is 4.92 Å². The number of carbonyl (C=O) groups excluding carboxylic acids is 1. The second kappa shape index (κ2) is 7.91. The molecule has 0 fully saturated rings. The van der Waals surface area contributed by atoms with Crippen molar-refractivity contribution in [3.05, 3.63) is 52.2 Å². The van der Waals surface area contributed by atoms with Gasteiger partial charge in [0.1, 0.15) is 24.4 Å². The van der Waals surface area contributed by atoms with Crippen molar-refractivity contribution in [1.29, 1.82) is 0 Å². The molecule has 0 saturated heterocycles. The number of ether oxygens (including phenoxy) is 1. The van der Waals surface area contributed by atoms with E-state index in [1.54, 1.807) is 37.3 Å². The molecule has 8 nitrogen and oxygen atoms in total. The number of hydrogen-bond acceptors (Lipinski definition) is 6. The second-order valence-electron chi connectivity index (χ2n) is 5.10. The maximum atomic E-state index is 11.0. The van der Waals surface area contributed by atoms with Crippen LogP contribution in [0.25, 0.3) is 0 Å². The summed E-state index contributed by atoms with van der Waals surface area (Å²) in [5, 5.41) is 16.5. The smallest absolute Gasteiger partial charge is 0.290 e. The number of pyridine rings is 1. The van der Waals surface area contributed by atoms with Gasteiger partial charge in [-0.1, -0.05) is 6.07 Å². The van der Waals surface area contributed by atoms with E-state index in [0.29, 0.717) is 36.0 Å². The van der Waals surface area contributed by atoms with Crippen molar-refractivity contribution in [2.75, 3.05) is 23.8 Å². The number of aromatic nitrogens is 1. The van der Waals surface area contributed by atoms with E-state index >= 15 is 0 Å². The summed E-state index contributed by atoms with van der Waals surface area (Å²) in [5.74, 6) is 1.04. The number of nitro groups is 1. The molecule has 126 valence electrons. The summed E-state index contributed by atoms with van der Waals surface area (Å²) in [5.41, 5.74) is 1.20. The van der Waals surface area contributed by atoms with E-state index in [4.69, 9.17) is 4.74 Å². The van der Waals surface area contributed by atoms with Crippen molar-refractivity contribution >= 4 is 23.1 Å². The molecular weight excluding hydrogens is 312 g/mol. The predicted molar refractivity (Wildman–Crippen MR) is 90.4 cm³/mol. The molecule has 0 atom stereocenters. The van der Waals surface area contributed by atoms with Crippen molar-refractivity contribution in [2.45, 2.75) is 13.8 Å². The number of benzene rings is 1. The fraction of sp³-hybridized carbons (Fsp3) is 0.250. The summed E-state index contributed by atoms with van der Waals surface area (Å²) >= 11 is 0. The second-order valence-corrected chi connectivity index (χ2v) is 5.10. The first-order valence-electron chi connectivity index (χ1n) is 7.31. The molecule has 1 aromatic carbocycles. The molecular formula is C16H18N4O4. The van der Waals surface area contributed by atoms with Gasteiger partial charge in [0.15, 0.2) is 0 Å². The van der Waals surface area contributed by atoms with Crippen LogP contribution in [0, 0.1) is 17.0 Å². The van der Waals surface area contributed by atoms with E-state index in [2.05, 4.69) is 15.6 Å². The van der Waals surface area contributed by atoms with Crippen LogP contribution in [0.1, 0.15) is 12.5 Å². The molecule has 1 amide bonds. The van der Waals surface area contributed by atoms with E-state index in [1.807, 2.05) is 0 Å². The van der Waals surface area contributed by atoms with Gasteiger partial charge in [0, 0.05) is 24.2 Å². The molecule has 0 spiro atoms. The highest BCUT2D eigenvalue weighted by Crippen LogP contribution is 2.19. The zero-order valence-electron chi connectivity index (χ0n) is 13.4. The minimum absolute atomic E-state index is 0.00779. The molecule has 1 heterocycles. The Balaban J connectivity index is 1.84. The Hall–Kier alpha value is -3.16. The third-order valence-corrected chi connectivity index (χ3v) is 3.11. The van der Waals surface area contributed by atoms with Crippen LogP contribution in [0.4, 0.5) is 17.2 Å². The van der Waals surface area contributed by atoms with Gasteiger partial charge in [-0.15, -0.1) is 0 Å².